The number of benzene rings is 4. The molecule has 416 valence electrons. The molecule has 0 atom stereocenters. The number of nitrogen functional groups attached to an aromatic ring is 1. The van der Waals surface area contributed by atoms with Gasteiger partial charge in [0.05, 0.1) is 26.1 Å². The van der Waals surface area contributed by atoms with Crippen molar-refractivity contribution in [1.82, 2.24) is 0 Å². The first-order valence-electron chi connectivity index (χ1n) is 20.3. The third-order valence-corrected chi connectivity index (χ3v) is 12.4. The number of carbonyl (C=O) groups is 1. The summed E-state index contributed by atoms with van der Waals surface area (Å²) in [7, 11) is 6.83. The molecular formula is C46H73ClI8N8NaO9-. The van der Waals surface area contributed by atoms with E-state index < -0.39 is 4.92 Å². The molecule has 0 aliphatic heterocycles. The molecule has 7 N–H and O–H groups in total. The van der Waals surface area contributed by atoms with Gasteiger partial charge in [-0.3, -0.25) is 35.1 Å². The zero-order valence-electron chi connectivity index (χ0n) is 44.7. The number of rotatable bonds is 7. The van der Waals surface area contributed by atoms with Crippen LogP contribution in [0.25, 0.3) is 0 Å². The molecule has 0 heterocycles. The molecule has 4 aromatic carbocycles. The number of nitrogens with zero attached hydrogens (tertiary/aromatic N) is 3. The number of hydrogen-bond donors (Lipinski definition) is 5. The Morgan fingerprint density at radius 1 is 0.493 bits per heavy atom. The maximum Gasteiger partial charge on any atom is 1.00 e. The smallest absolute Gasteiger partial charge is 0.662 e. The Morgan fingerprint density at radius 2 is 0.685 bits per heavy atom. The molecule has 0 aliphatic carbocycles. The molecule has 73 heavy (non-hydrogen) atoms. The number of nitrogens with one attached hydrogen (secondary N) is 3. The fourth-order valence-electron chi connectivity index (χ4n) is 6.78. The molecule has 4 aromatic rings. The summed E-state index contributed by atoms with van der Waals surface area (Å²) in [6.45, 7) is 30.8. The van der Waals surface area contributed by atoms with Gasteiger partial charge in [-0.15, -0.1) is 24.0 Å². The zero-order valence-corrected chi connectivity index (χ0v) is 64.9. The second-order valence-electron chi connectivity index (χ2n) is 14.7. The number of anilines is 4. The number of nitro benzene ring substituents is 3. The summed E-state index contributed by atoms with van der Waals surface area (Å²) in [5.41, 5.74) is 30.2. The molecule has 0 radical (unpaired) electrons. The third kappa shape index (κ3) is 27.2. The van der Waals surface area contributed by atoms with Crippen molar-refractivity contribution in [1.29, 1.82) is 0 Å². The van der Waals surface area contributed by atoms with Gasteiger partial charge in [-0.2, -0.15) is 0 Å². The Kier molecular flexibility index (Phi) is 60.2. The van der Waals surface area contributed by atoms with E-state index in [0.29, 0.717) is 30.2 Å². The van der Waals surface area contributed by atoms with Gasteiger partial charge < -0.3 is 37.6 Å². The summed E-state index contributed by atoms with van der Waals surface area (Å²) in [6.07, 6.45) is 0. The van der Waals surface area contributed by atoms with E-state index >= 15 is 0 Å². The fraction of sp³-hybridized carbons (Fsp3) is 0.457. The Labute approximate surface area is 555 Å². The van der Waals surface area contributed by atoms with Gasteiger partial charge in [0.1, 0.15) is 16.4 Å². The fourth-order valence-corrected chi connectivity index (χ4v) is 7.13. The van der Waals surface area contributed by atoms with Crippen LogP contribution in [0.4, 0.5) is 39.8 Å². The molecule has 0 spiro atoms. The van der Waals surface area contributed by atoms with Crippen LogP contribution >= 0.6 is 147 Å². The number of carbonyl (C=O) groups excluding carboxylic acids is 1. The molecule has 0 fully saturated rings. The van der Waals surface area contributed by atoms with Gasteiger partial charge in [-0.05, 0) is 190 Å². The summed E-state index contributed by atoms with van der Waals surface area (Å²) in [4.78, 5) is 42.9. The van der Waals surface area contributed by atoms with Gasteiger partial charge in [0.25, 0.3) is 23.5 Å². The minimum Gasteiger partial charge on any atom is -0.662 e. The number of nitrogens with two attached hydrogens (primary N) is 2. The first kappa shape index (κ1) is 90.3. The molecule has 0 saturated heterocycles. The van der Waals surface area contributed by atoms with E-state index in [0.717, 1.165) is 72.6 Å². The summed E-state index contributed by atoms with van der Waals surface area (Å²) in [5, 5.41) is 50.4. The Bertz CT molecular complexity index is 2240. The van der Waals surface area contributed by atoms with Crippen molar-refractivity contribution < 1.29 is 72.5 Å². The van der Waals surface area contributed by atoms with Crippen molar-refractivity contribution in [3.05, 3.63) is 124 Å². The molecule has 0 aliphatic rings. The largest absolute Gasteiger partial charge is 1.00 e. The first-order chi connectivity index (χ1) is 32.5. The van der Waals surface area contributed by atoms with Crippen LogP contribution < -0.4 is 75.5 Å². The van der Waals surface area contributed by atoms with Gasteiger partial charge in [-0.1, -0.05) is 19.0 Å². The Balaban J connectivity index is -0.000000118. The summed E-state index contributed by atoms with van der Waals surface area (Å²) >= 11 is 19.7. The van der Waals surface area contributed by atoms with Crippen LogP contribution in [0.15, 0.2) is 0 Å². The molecule has 0 amide bonds. The Morgan fingerprint density at radius 3 is 0.904 bits per heavy atom. The van der Waals surface area contributed by atoms with Crippen LogP contribution in [0.3, 0.4) is 0 Å². The predicted octanol–water partition coefficient (Wildman–Crippen LogP) is 10.4. The van der Waals surface area contributed by atoms with Crippen LogP contribution in [0, 0.1) is 141 Å². The molecule has 0 bridgehead atoms. The Hall–Kier alpha value is 0.800. The quantitative estimate of drug-likeness (QED) is 0.0219. The van der Waals surface area contributed by atoms with E-state index in [2.05, 4.69) is 166 Å². The zero-order chi connectivity index (χ0) is 56.8. The minimum atomic E-state index is -0.420. The predicted molar refractivity (Wildman–Crippen MR) is 363 cm³/mol. The van der Waals surface area contributed by atoms with Crippen molar-refractivity contribution in [3.63, 3.8) is 0 Å². The molecule has 4 rings (SSSR count). The van der Waals surface area contributed by atoms with E-state index in [1.165, 1.54) is 29.3 Å². The number of hydrogen-bond acceptors (Lipinski definition) is 14. The molecule has 0 aromatic heterocycles. The van der Waals surface area contributed by atoms with E-state index in [-0.39, 0.29) is 99.4 Å². The average molecular weight is 1960 g/mol. The second kappa shape index (κ2) is 48.7. The van der Waals surface area contributed by atoms with Gasteiger partial charge in [0, 0.05) is 112 Å². The maximum atomic E-state index is 11.0. The van der Waals surface area contributed by atoms with Crippen molar-refractivity contribution in [2.45, 2.75) is 118 Å². The summed E-state index contributed by atoms with van der Waals surface area (Å²) < 4.78 is 0. The average Bonchev–Trinajstić information content (AvgIpc) is 3.34. The van der Waals surface area contributed by atoms with Gasteiger partial charge in [-0.25, -0.2) is 0 Å². The third-order valence-electron chi connectivity index (χ3n) is 12.0. The monoisotopic (exact) mass is 1950 g/mol. The van der Waals surface area contributed by atoms with Crippen LogP contribution in [0.2, 0.25) is 5.02 Å². The SMILES string of the molecule is C.CN.CNc1c(C)c(C)c(C)c(C)c1N.CNc1c(C)c(C)c(C)c(C)c1[N+](=O)[O-].CNc1c(C)c(C)c(C)c(C)c1[N+](=O)[O-].Cc1c(C)c(C)c([N+](=O)[O-])c(Cl)c1C.I.II.II.I[I-]I.O=CO[O-].[Na+]. The van der Waals surface area contributed by atoms with Gasteiger partial charge in [0.15, 0.2) is 0 Å². The van der Waals surface area contributed by atoms with E-state index in [1.54, 1.807) is 41.8 Å². The second-order valence-corrected chi connectivity index (χ2v) is 31.3. The van der Waals surface area contributed by atoms with Crippen molar-refractivity contribution in [3.8, 4) is 0 Å². The molecule has 0 unspecified atom stereocenters. The molecule has 27 heteroatoms. The summed E-state index contributed by atoms with van der Waals surface area (Å²) in [5.74, 6) is 0. The normalized spacial score (nSPS) is 8.84. The van der Waals surface area contributed by atoms with Crippen LogP contribution in [-0.2, 0) is 9.68 Å². The molecule has 17 nitrogen and oxygen atoms in total. The van der Waals surface area contributed by atoms with Crippen molar-refractivity contribution in [2.75, 3.05) is 49.9 Å². The van der Waals surface area contributed by atoms with E-state index in [9.17, 15) is 30.3 Å². The minimum absolute atomic E-state index is 0. The molecular weight excluding hydrogens is 1880 g/mol. The first-order valence-corrected chi connectivity index (χ1v) is 45.8. The van der Waals surface area contributed by atoms with Crippen LogP contribution in [-0.4, -0.2) is 49.4 Å². The van der Waals surface area contributed by atoms with Crippen molar-refractivity contribution in [2.24, 2.45) is 5.73 Å². The number of halogens is 9. The van der Waals surface area contributed by atoms with Crippen LogP contribution in [0.5, 0.6) is 0 Å². The van der Waals surface area contributed by atoms with Gasteiger partial charge >= 0.3 is 80.0 Å². The standard InChI is InChI=1S/2C11H16N2O2.C11H18N2.C10H12ClNO2.CH5N.CH2O3.CH4.I3.2I2.HI.Na/c2*1-6-7(2)9(4)11(13(14)15)10(12-5)8(6)3;1-6-7(2)9(4)11(13-5)10(12)8(6)3;1-5-6(2)8(4)10(12(13)14)9(11)7(5)3;1-2;2-1-4-3;;1-3-2;2*1-2;;/h2*12H,1-5H3;13H,12H2,1-5H3;1-4H3;2H2,1H3;1,3H;1H4;;;;1H;/q;;;;;;;-1;;;;+1/p-1. The number of nitro groups is 3. The topological polar surface area (TPSA) is 267 Å². The van der Waals surface area contributed by atoms with Gasteiger partial charge in [0.2, 0.25) is 0 Å². The van der Waals surface area contributed by atoms with E-state index in [1.807, 2.05) is 62.4 Å². The van der Waals surface area contributed by atoms with E-state index in [4.69, 9.17) is 27.4 Å². The maximum absolute atomic E-state index is 11.0. The van der Waals surface area contributed by atoms with Crippen molar-refractivity contribution >= 4 is 194 Å². The van der Waals surface area contributed by atoms with Crippen LogP contribution in [0.1, 0.15) is 96.4 Å². The summed E-state index contributed by atoms with van der Waals surface area (Å²) in [6, 6.07) is 0. The molecule has 0 saturated carbocycles.